The lowest BCUT2D eigenvalue weighted by atomic mass is 10.1. The van der Waals surface area contributed by atoms with Gasteiger partial charge in [0.1, 0.15) is 0 Å². The van der Waals surface area contributed by atoms with Gasteiger partial charge in [-0.25, -0.2) is 13.1 Å². The number of piperidine rings is 1. The Labute approximate surface area is 158 Å². The Morgan fingerprint density at radius 3 is 2.35 bits per heavy atom. The average molecular weight is 461 g/mol. The first kappa shape index (κ1) is 22.9. The van der Waals surface area contributed by atoms with Crippen LogP contribution in [0.25, 0.3) is 0 Å². The Morgan fingerprint density at radius 2 is 1.74 bits per heavy atom. The molecular formula is C14H32IN5O2S. The molecule has 3 N–H and O–H groups in total. The predicted molar refractivity (Wildman–Crippen MR) is 107 cm³/mol. The molecule has 7 nitrogen and oxygen atoms in total. The summed E-state index contributed by atoms with van der Waals surface area (Å²) in [6, 6.07) is 0. The minimum absolute atomic E-state index is 0. The second-order valence-corrected chi connectivity index (χ2v) is 7.57. The molecule has 9 heteroatoms. The molecule has 0 saturated carbocycles. The standard InChI is InChI=1S/C14H31N5O2S.HI/c1-3-22(20,21)18-9-7-8-16-14(15-2)17-10-13-19-11-5-4-6-12-19;/h18H,3-13H2,1-2H3,(H2,15,16,17);1H. The molecule has 0 bridgehead atoms. The van der Waals surface area contributed by atoms with Crippen molar-refractivity contribution in [1.29, 1.82) is 0 Å². The van der Waals surface area contributed by atoms with Crippen LogP contribution < -0.4 is 15.4 Å². The molecule has 138 valence electrons. The zero-order valence-corrected chi connectivity index (χ0v) is 17.5. The summed E-state index contributed by atoms with van der Waals surface area (Å²) in [4.78, 5) is 6.65. The van der Waals surface area contributed by atoms with Crippen molar-refractivity contribution in [3.05, 3.63) is 0 Å². The highest BCUT2D eigenvalue weighted by atomic mass is 127. The Morgan fingerprint density at radius 1 is 1.09 bits per heavy atom. The van der Waals surface area contributed by atoms with Gasteiger partial charge < -0.3 is 15.5 Å². The van der Waals surface area contributed by atoms with Crippen molar-refractivity contribution >= 4 is 40.0 Å². The first-order chi connectivity index (χ1) is 10.6. The Hall–Kier alpha value is -0.130. The van der Waals surface area contributed by atoms with E-state index in [1.807, 2.05) is 0 Å². The third-order valence-electron chi connectivity index (χ3n) is 3.74. The van der Waals surface area contributed by atoms with Crippen LogP contribution >= 0.6 is 24.0 Å². The van der Waals surface area contributed by atoms with Crippen LogP contribution in [0.15, 0.2) is 4.99 Å². The number of nitrogens with one attached hydrogen (secondary N) is 3. The number of halogens is 1. The fourth-order valence-corrected chi connectivity index (χ4v) is 3.02. The number of hydrogen-bond acceptors (Lipinski definition) is 4. The summed E-state index contributed by atoms with van der Waals surface area (Å²) >= 11 is 0. The summed E-state index contributed by atoms with van der Waals surface area (Å²) in [5.74, 6) is 0.899. The van der Waals surface area contributed by atoms with E-state index in [0.29, 0.717) is 13.1 Å². The zero-order valence-electron chi connectivity index (χ0n) is 14.3. The number of hydrogen-bond donors (Lipinski definition) is 3. The second-order valence-electron chi connectivity index (χ2n) is 5.48. The van der Waals surface area contributed by atoms with Crippen molar-refractivity contribution < 1.29 is 8.42 Å². The maximum atomic E-state index is 11.3. The summed E-state index contributed by atoms with van der Waals surface area (Å²) in [6.07, 6.45) is 4.70. The van der Waals surface area contributed by atoms with E-state index < -0.39 is 10.0 Å². The fourth-order valence-electron chi connectivity index (χ4n) is 2.36. The van der Waals surface area contributed by atoms with Crippen LogP contribution in [0.5, 0.6) is 0 Å². The number of nitrogens with zero attached hydrogens (tertiary/aromatic N) is 2. The van der Waals surface area contributed by atoms with Gasteiger partial charge in [-0.15, -0.1) is 24.0 Å². The average Bonchev–Trinajstić information content (AvgIpc) is 2.53. The van der Waals surface area contributed by atoms with E-state index in [4.69, 9.17) is 0 Å². The summed E-state index contributed by atoms with van der Waals surface area (Å²) in [6.45, 7) is 7.09. The lowest BCUT2D eigenvalue weighted by Crippen LogP contribution is -2.43. The molecule has 23 heavy (non-hydrogen) atoms. The van der Waals surface area contributed by atoms with E-state index in [0.717, 1.165) is 25.5 Å². The van der Waals surface area contributed by atoms with E-state index in [1.165, 1.54) is 32.4 Å². The van der Waals surface area contributed by atoms with Crippen LogP contribution in [-0.4, -0.2) is 71.3 Å². The summed E-state index contributed by atoms with van der Waals surface area (Å²) in [5, 5.41) is 6.49. The van der Waals surface area contributed by atoms with Crippen molar-refractivity contribution in [2.45, 2.75) is 32.6 Å². The molecule has 0 aromatic rings. The molecule has 1 aliphatic rings. The molecule has 0 radical (unpaired) electrons. The number of likely N-dealkylation sites (tertiary alicyclic amines) is 1. The van der Waals surface area contributed by atoms with Crippen LogP contribution in [0, 0.1) is 0 Å². The first-order valence-corrected chi connectivity index (χ1v) is 9.87. The predicted octanol–water partition coefficient (Wildman–Crippen LogP) is 0.585. The van der Waals surface area contributed by atoms with Gasteiger partial charge in [-0.2, -0.15) is 0 Å². The van der Waals surface area contributed by atoms with Gasteiger partial charge in [-0.3, -0.25) is 4.99 Å². The Balaban J connectivity index is 0.00000484. The first-order valence-electron chi connectivity index (χ1n) is 8.21. The van der Waals surface area contributed by atoms with Gasteiger partial charge in [0.2, 0.25) is 10.0 Å². The van der Waals surface area contributed by atoms with Crippen molar-refractivity contribution in [3.8, 4) is 0 Å². The van der Waals surface area contributed by atoms with Crippen LogP contribution in [0.2, 0.25) is 0 Å². The summed E-state index contributed by atoms with van der Waals surface area (Å²) < 4.78 is 25.1. The molecule has 0 aromatic heterocycles. The second kappa shape index (κ2) is 13.2. The zero-order chi connectivity index (χ0) is 16.3. The van der Waals surface area contributed by atoms with Gasteiger partial charge in [0.15, 0.2) is 5.96 Å². The van der Waals surface area contributed by atoms with Gasteiger partial charge in [-0.1, -0.05) is 6.42 Å². The molecular weight excluding hydrogens is 429 g/mol. The minimum atomic E-state index is -3.08. The van der Waals surface area contributed by atoms with E-state index >= 15 is 0 Å². The summed E-state index contributed by atoms with van der Waals surface area (Å²) in [5.41, 5.74) is 0. The quantitative estimate of drug-likeness (QED) is 0.203. The maximum Gasteiger partial charge on any atom is 0.211 e. The van der Waals surface area contributed by atoms with Crippen molar-refractivity contribution in [1.82, 2.24) is 20.3 Å². The van der Waals surface area contributed by atoms with E-state index in [-0.39, 0.29) is 29.7 Å². The van der Waals surface area contributed by atoms with Gasteiger partial charge in [0.25, 0.3) is 0 Å². The molecule has 0 spiro atoms. The highest BCUT2D eigenvalue weighted by molar-refractivity contribution is 14.0. The van der Waals surface area contributed by atoms with Gasteiger partial charge in [0.05, 0.1) is 5.75 Å². The van der Waals surface area contributed by atoms with Crippen LogP contribution in [0.1, 0.15) is 32.6 Å². The third-order valence-corrected chi connectivity index (χ3v) is 5.14. The van der Waals surface area contributed by atoms with E-state index in [1.54, 1.807) is 14.0 Å². The number of sulfonamides is 1. The number of aliphatic imine (C=N–C) groups is 1. The minimum Gasteiger partial charge on any atom is -0.356 e. The highest BCUT2D eigenvalue weighted by Gasteiger charge is 2.09. The van der Waals surface area contributed by atoms with Crippen molar-refractivity contribution in [3.63, 3.8) is 0 Å². The van der Waals surface area contributed by atoms with Crippen LogP contribution in [0.3, 0.4) is 0 Å². The molecule has 1 heterocycles. The van der Waals surface area contributed by atoms with E-state index in [2.05, 4.69) is 25.2 Å². The molecule has 1 rings (SSSR count). The molecule has 0 atom stereocenters. The normalized spacial score (nSPS) is 16.7. The largest absolute Gasteiger partial charge is 0.356 e. The van der Waals surface area contributed by atoms with Crippen LogP contribution in [-0.2, 0) is 10.0 Å². The molecule has 1 saturated heterocycles. The Kier molecular flexibility index (Phi) is 13.1. The highest BCUT2D eigenvalue weighted by Crippen LogP contribution is 2.07. The van der Waals surface area contributed by atoms with E-state index in [9.17, 15) is 8.42 Å². The SMILES string of the molecule is CCS(=O)(=O)NCCCNC(=NC)NCCN1CCCCC1.I. The lowest BCUT2D eigenvalue weighted by molar-refractivity contribution is 0.232. The molecule has 0 amide bonds. The molecule has 1 aliphatic heterocycles. The van der Waals surface area contributed by atoms with Gasteiger partial charge in [0, 0.05) is 33.2 Å². The topological polar surface area (TPSA) is 85.8 Å². The Bertz CT molecular complexity index is 425. The summed E-state index contributed by atoms with van der Waals surface area (Å²) in [7, 11) is -1.34. The lowest BCUT2D eigenvalue weighted by Gasteiger charge is -2.26. The number of guanidine groups is 1. The monoisotopic (exact) mass is 461 g/mol. The molecule has 0 unspecified atom stereocenters. The van der Waals surface area contributed by atoms with Gasteiger partial charge in [-0.05, 0) is 39.3 Å². The molecule has 0 aromatic carbocycles. The smallest absolute Gasteiger partial charge is 0.211 e. The van der Waals surface area contributed by atoms with Gasteiger partial charge >= 0.3 is 0 Å². The van der Waals surface area contributed by atoms with Crippen LogP contribution in [0.4, 0.5) is 0 Å². The number of rotatable bonds is 9. The molecule has 0 aliphatic carbocycles. The van der Waals surface area contributed by atoms with Crippen molar-refractivity contribution in [2.75, 3.05) is 52.1 Å². The molecule has 1 fully saturated rings. The maximum absolute atomic E-state index is 11.3. The third kappa shape index (κ3) is 11.1. The fraction of sp³-hybridized carbons (Fsp3) is 0.929. The van der Waals surface area contributed by atoms with Crippen molar-refractivity contribution in [2.24, 2.45) is 4.99 Å².